The molecule has 1 atom stereocenters. The maximum Gasteiger partial charge on any atom is 0.118 e. The van der Waals surface area contributed by atoms with Gasteiger partial charge >= 0.3 is 0 Å². The summed E-state index contributed by atoms with van der Waals surface area (Å²) < 4.78 is 5.20. The van der Waals surface area contributed by atoms with Crippen LogP contribution in [0.3, 0.4) is 0 Å². The minimum Gasteiger partial charge on any atom is -0.497 e. The molecule has 0 spiro atoms. The molecule has 2 heteroatoms. The fourth-order valence-corrected chi connectivity index (χ4v) is 2.51. The van der Waals surface area contributed by atoms with Crippen LogP contribution in [0.25, 0.3) is 11.1 Å². The molecule has 0 amide bonds. The average Bonchev–Trinajstić information content (AvgIpc) is 2.56. The van der Waals surface area contributed by atoms with Crippen LogP contribution >= 0.6 is 0 Å². The van der Waals surface area contributed by atoms with Crippen molar-refractivity contribution >= 4 is 0 Å². The zero-order valence-electron chi connectivity index (χ0n) is 13.2. The number of benzene rings is 2. The first-order chi connectivity index (χ1) is 10.3. The SMILES string of the molecule is CCCNC(CC)c1ccc(-c2ccc(OC)cc2)cc1. The summed E-state index contributed by atoms with van der Waals surface area (Å²) in [4.78, 5) is 0. The minimum atomic E-state index is 0.454. The molecule has 0 aromatic heterocycles. The van der Waals surface area contributed by atoms with Crippen molar-refractivity contribution in [3.8, 4) is 16.9 Å². The highest BCUT2D eigenvalue weighted by atomic mass is 16.5. The lowest BCUT2D eigenvalue weighted by atomic mass is 9.99. The van der Waals surface area contributed by atoms with Crippen LogP contribution in [0.4, 0.5) is 0 Å². The quantitative estimate of drug-likeness (QED) is 0.787. The van der Waals surface area contributed by atoms with Crippen LogP contribution in [-0.2, 0) is 0 Å². The third kappa shape index (κ3) is 4.08. The summed E-state index contributed by atoms with van der Waals surface area (Å²) >= 11 is 0. The van der Waals surface area contributed by atoms with Crippen LogP contribution in [0.2, 0.25) is 0 Å². The highest BCUT2D eigenvalue weighted by Crippen LogP contribution is 2.25. The summed E-state index contributed by atoms with van der Waals surface area (Å²) in [6.07, 6.45) is 2.28. The topological polar surface area (TPSA) is 21.3 Å². The predicted molar refractivity (Wildman–Crippen MR) is 89.8 cm³/mol. The van der Waals surface area contributed by atoms with Gasteiger partial charge in [0.25, 0.3) is 0 Å². The molecular formula is C19H25NO. The third-order valence-corrected chi connectivity index (χ3v) is 3.79. The Kier molecular flexibility index (Phi) is 5.82. The number of hydrogen-bond acceptors (Lipinski definition) is 2. The second-order valence-corrected chi connectivity index (χ2v) is 5.27. The van der Waals surface area contributed by atoms with Crippen molar-refractivity contribution in [3.05, 3.63) is 54.1 Å². The van der Waals surface area contributed by atoms with E-state index in [0.717, 1.165) is 18.7 Å². The standard InChI is InChI=1S/C19H25NO/c1-4-14-20-19(5-2)17-8-6-15(7-9-17)16-10-12-18(21-3)13-11-16/h6-13,19-20H,4-5,14H2,1-3H3. The largest absolute Gasteiger partial charge is 0.497 e. The first-order valence-corrected chi connectivity index (χ1v) is 7.76. The van der Waals surface area contributed by atoms with E-state index in [-0.39, 0.29) is 0 Å². The molecule has 0 aliphatic carbocycles. The maximum atomic E-state index is 5.20. The minimum absolute atomic E-state index is 0.454. The van der Waals surface area contributed by atoms with Crippen molar-refractivity contribution in [2.24, 2.45) is 0 Å². The molecule has 0 bridgehead atoms. The first-order valence-electron chi connectivity index (χ1n) is 7.76. The first kappa shape index (κ1) is 15.6. The van der Waals surface area contributed by atoms with E-state index < -0.39 is 0 Å². The van der Waals surface area contributed by atoms with Crippen molar-refractivity contribution in [1.82, 2.24) is 5.32 Å². The Bertz CT molecular complexity index is 530. The molecule has 0 saturated heterocycles. The van der Waals surface area contributed by atoms with Crippen molar-refractivity contribution in [2.75, 3.05) is 13.7 Å². The van der Waals surface area contributed by atoms with Crippen LogP contribution in [0, 0.1) is 0 Å². The molecule has 0 fully saturated rings. The van der Waals surface area contributed by atoms with E-state index in [0.29, 0.717) is 6.04 Å². The van der Waals surface area contributed by atoms with Crippen LogP contribution in [0.5, 0.6) is 5.75 Å². The number of hydrogen-bond donors (Lipinski definition) is 1. The average molecular weight is 283 g/mol. The van der Waals surface area contributed by atoms with Crippen LogP contribution in [-0.4, -0.2) is 13.7 Å². The van der Waals surface area contributed by atoms with Crippen molar-refractivity contribution < 1.29 is 4.74 Å². The van der Waals surface area contributed by atoms with E-state index in [1.807, 2.05) is 12.1 Å². The molecule has 112 valence electrons. The molecule has 0 radical (unpaired) electrons. The lowest BCUT2D eigenvalue weighted by Crippen LogP contribution is -2.21. The van der Waals surface area contributed by atoms with Crippen molar-refractivity contribution in [2.45, 2.75) is 32.7 Å². The van der Waals surface area contributed by atoms with Crippen molar-refractivity contribution in [3.63, 3.8) is 0 Å². The summed E-state index contributed by atoms with van der Waals surface area (Å²) in [5.74, 6) is 0.894. The molecule has 0 saturated carbocycles. The molecular weight excluding hydrogens is 258 g/mol. The van der Waals surface area contributed by atoms with E-state index in [1.165, 1.54) is 23.1 Å². The van der Waals surface area contributed by atoms with Gasteiger partial charge in [0, 0.05) is 6.04 Å². The van der Waals surface area contributed by atoms with E-state index in [1.54, 1.807) is 7.11 Å². The zero-order chi connectivity index (χ0) is 15.1. The Balaban J connectivity index is 2.13. The second-order valence-electron chi connectivity index (χ2n) is 5.27. The monoisotopic (exact) mass is 283 g/mol. The summed E-state index contributed by atoms with van der Waals surface area (Å²) in [5.41, 5.74) is 3.83. The molecule has 0 heterocycles. The fraction of sp³-hybridized carbons (Fsp3) is 0.368. The highest BCUT2D eigenvalue weighted by molar-refractivity contribution is 5.64. The van der Waals surface area contributed by atoms with Gasteiger partial charge in [0.05, 0.1) is 7.11 Å². The Hall–Kier alpha value is -1.80. The van der Waals surface area contributed by atoms with Gasteiger partial charge in [0.15, 0.2) is 0 Å². The number of rotatable bonds is 7. The van der Waals surface area contributed by atoms with Gasteiger partial charge in [-0.1, -0.05) is 50.2 Å². The van der Waals surface area contributed by atoms with Gasteiger partial charge in [0.2, 0.25) is 0 Å². The lowest BCUT2D eigenvalue weighted by molar-refractivity contribution is 0.415. The number of methoxy groups -OCH3 is 1. The second kappa shape index (κ2) is 7.84. The van der Waals surface area contributed by atoms with Gasteiger partial charge in [-0.2, -0.15) is 0 Å². The van der Waals surface area contributed by atoms with Crippen LogP contribution in [0.1, 0.15) is 38.3 Å². The highest BCUT2D eigenvalue weighted by Gasteiger charge is 2.08. The summed E-state index contributed by atoms with van der Waals surface area (Å²) in [6.45, 7) is 5.50. The molecule has 1 N–H and O–H groups in total. The van der Waals surface area contributed by atoms with Gasteiger partial charge in [-0.25, -0.2) is 0 Å². The Morgan fingerprint density at radius 2 is 1.48 bits per heavy atom. The van der Waals surface area contributed by atoms with Crippen LogP contribution < -0.4 is 10.1 Å². The van der Waals surface area contributed by atoms with Gasteiger partial charge < -0.3 is 10.1 Å². The molecule has 2 rings (SSSR count). The third-order valence-electron chi connectivity index (χ3n) is 3.79. The fourth-order valence-electron chi connectivity index (χ4n) is 2.51. The predicted octanol–water partition coefficient (Wildman–Crippen LogP) is 4.81. The van der Waals surface area contributed by atoms with Crippen LogP contribution in [0.15, 0.2) is 48.5 Å². The van der Waals surface area contributed by atoms with Crippen molar-refractivity contribution in [1.29, 1.82) is 0 Å². The normalized spacial score (nSPS) is 12.1. The molecule has 0 aliphatic rings. The number of ether oxygens (including phenoxy) is 1. The molecule has 2 nitrogen and oxygen atoms in total. The Morgan fingerprint density at radius 3 is 1.95 bits per heavy atom. The zero-order valence-corrected chi connectivity index (χ0v) is 13.2. The molecule has 21 heavy (non-hydrogen) atoms. The van der Waals surface area contributed by atoms with Gasteiger partial charge in [-0.3, -0.25) is 0 Å². The van der Waals surface area contributed by atoms with Gasteiger partial charge in [-0.05, 0) is 48.2 Å². The summed E-state index contributed by atoms with van der Waals surface area (Å²) in [5, 5.41) is 3.59. The molecule has 1 unspecified atom stereocenters. The Labute approximate surface area is 128 Å². The van der Waals surface area contributed by atoms with E-state index >= 15 is 0 Å². The van der Waals surface area contributed by atoms with Gasteiger partial charge in [-0.15, -0.1) is 0 Å². The molecule has 2 aromatic carbocycles. The summed E-state index contributed by atoms with van der Waals surface area (Å²) in [7, 11) is 1.69. The van der Waals surface area contributed by atoms with E-state index in [4.69, 9.17) is 4.74 Å². The maximum absolute atomic E-state index is 5.20. The lowest BCUT2D eigenvalue weighted by Gasteiger charge is -2.17. The summed E-state index contributed by atoms with van der Waals surface area (Å²) in [6, 6.07) is 17.5. The van der Waals surface area contributed by atoms with E-state index in [9.17, 15) is 0 Å². The smallest absolute Gasteiger partial charge is 0.118 e. The number of nitrogens with one attached hydrogen (secondary N) is 1. The molecule has 2 aromatic rings. The Morgan fingerprint density at radius 1 is 0.905 bits per heavy atom. The molecule has 0 aliphatic heterocycles. The van der Waals surface area contributed by atoms with E-state index in [2.05, 4.69) is 55.6 Å². The van der Waals surface area contributed by atoms with Gasteiger partial charge in [0.1, 0.15) is 5.75 Å².